The lowest BCUT2D eigenvalue weighted by molar-refractivity contribution is 0.222. The molecule has 1 unspecified atom stereocenters. The van der Waals surface area contributed by atoms with Crippen molar-refractivity contribution < 1.29 is 0 Å². The topological polar surface area (TPSA) is 15.3 Å². The smallest absolute Gasteiger partial charge is 0.0447 e. The molecule has 0 bridgehead atoms. The summed E-state index contributed by atoms with van der Waals surface area (Å²) < 4.78 is 0. The Kier molecular flexibility index (Phi) is 5.00. The third-order valence-electron chi connectivity index (χ3n) is 4.41. The van der Waals surface area contributed by atoms with Gasteiger partial charge < -0.3 is 10.2 Å². The van der Waals surface area contributed by atoms with Crippen LogP contribution < -0.4 is 5.32 Å². The second-order valence-corrected chi connectivity index (χ2v) is 6.14. The minimum absolute atomic E-state index is 0.434. The zero-order chi connectivity index (χ0) is 13.8. The van der Waals surface area contributed by atoms with E-state index >= 15 is 0 Å². The van der Waals surface area contributed by atoms with Crippen LogP contribution in [-0.2, 0) is 0 Å². The lowest BCUT2D eigenvalue weighted by Crippen LogP contribution is -2.36. The number of aryl methyl sites for hydroxylation is 2. The molecule has 0 saturated heterocycles. The van der Waals surface area contributed by atoms with Crippen LogP contribution in [0.2, 0.25) is 0 Å². The number of benzene rings is 1. The van der Waals surface area contributed by atoms with E-state index in [1.54, 1.807) is 0 Å². The Morgan fingerprint density at radius 2 is 1.74 bits per heavy atom. The van der Waals surface area contributed by atoms with E-state index in [1.165, 1.54) is 42.4 Å². The molecular formula is C17H28N2. The minimum atomic E-state index is 0.434. The molecule has 1 aliphatic rings. The van der Waals surface area contributed by atoms with E-state index in [2.05, 4.69) is 56.4 Å². The second-order valence-electron chi connectivity index (χ2n) is 6.14. The highest BCUT2D eigenvalue weighted by Crippen LogP contribution is 2.25. The zero-order valence-corrected chi connectivity index (χ0v) is 12.9. The van der Waals surface area contributed by atoms with E-state index < -0.39 is 0 Å². The quantitative estimate of drug-likeness (QED) is 0.872. The van der Waals surface area contributed by atoms with Gasteiger partial charge in [-0.15, -0.1) is 0 Å². The average molecular weight is 260 g/mol. The first-order valence-electron chi connectivity index (χ1n) is 7.56. The van der Waals surface area contributed by atoms with E-state index in [9.17, 15) is 0 Å². The normalized spacial score (nSPS) is 18.2. The van der Waals surface area contributed by atoms with Gasteiger partial charge in [0.15, 0.2) is 0 Å². The molecule has 0 aromatic heterocycles. The molecule has 1 saturated carbocycles. The summed E-state index contributed by atoms with van der Waals surface area (Å²) in [6, 6.07) is 8.11. The van der Waals surface area contributed by atoms with Crippen molar-refractivity contribution >= 4 is 0 Å². The van der Waals surface area contributed by atoms with Gasteiger partial charge in [-0.2, -0.15) is 0 Å². The third-order valence-corrected chi connectivity index (χ3v) is 4.41. The summed E-state index contributed by atoms with van der Waals surface area (Å²) in [5.41, 5.74) is 4.14. The lowest BCUT2D eigenvalue weighted by atomic mass is 10.0. The Hall–Kier alpha value is -0.860. The van der Waals surface area contributed by atoms with Crippen molar-refractivity contribution in [2.45, 2.75) is 51.6 Å². The first-order chi connectivity index (χ1) is 9.10. The number of likely N-dealkylation sites (N-methyl/N-ethyl adjacent to an activating group) is 2. The van der Waals surface area contributed by atoms with Crippen LogP contribution >= 0.6 is 0 Å². The summed E-state index contributed by atoms with van der Waals surface area (Å²) >= 11 is 0. The van der Waals surface area contributed by atoms with Gasteiger partial charge >= 0.3 is 0 Å². The van der Waals surface area contributed by atoms with Crippen LogP contribution in [0.3, 0.4) is 0 Å². The SMILES string of the molecule is CNC(CN(C)C1CCCC1)c1cc(C)cc(C)c1. The molecule has 1 N–H and O–H groups in total. The summed E-state index contributed by atoms with van der Waals surface area (Å²) in [5.74, 6) is 0. The fourth-order valence-electron chi connectivity index (χ4n) is 3.36. The van der Waals surface area contributed by atoms with Crippen molar-refractivity contribution in [2.24, 2.45) is 0 Å². The van der Waals surface area contributed by atoms with E-state index in [-0.39, 0.29) is 0 Å². The van der Waals surface area contributed by atoms with Gasteiger partial charge in [0.05, 0.1) is 0 Å². The van der Waals surface area contributed by atoms with Crippen LogP contribution in [0.1, 0.15) is 48.4 Å². The number of nitrogens with zero attached hydrogens (tertiary/aromatic N) is 1. The molecular weight excluding hydrogens is 232 g/mol. The van der Waals surface area contributed by atoms with Gasteiger partial charge in [0, 0.05) is 18.6 Å². The van der Waals surface area contributed by atoms with Gasteiger partial charge in [0.25, 0.3) is 0 Å². The summed E-state index contributed by atoms with van der Waals surface area (Å²) in [6.07, 6.45) is 5.56. The fourth-order valence-corrected chi connectivity index (χ4v) is 3.36. The van der Waals surface area contributed by atoms with Gasteiger partial charge in [-0.1, -0.05) is 42.2 Å². The van der Waals surface area contributed by atoms with E-state index in [1.807, 2.05) is 0 Å². The molecule has 0 amide bonds. The average Bonchev–Trinajstić information content (AvgIpc) is 2.88. The van der Waals surface area contributed by atoms with Crippen molar-refractivity contribution in [1.82, 2.24) is 10.2 Å². The van der Waals surface area contributed by atoms with Crippen molar-refractivity contribution in [1.29, 1.82) is 0 Å². The lowest BCUT2D eigenvalue weighted by Gasteiger charge is -2.29. The molecule has 1 aromatic rings. The maximum atomic E-state index is 3.49. The van der Waals surface area contributed by atoms with Gasteiger partial charge in [-0.25, -0.2) is 0 Å². The predicted molar refractivity (Wildman–Crippen MR) is 82.6 cm³/mol. The highest BCUT2D eigenvalue weighted by molar-refractivity contribution is 5.30. The van der Waals surface area contributed by atoms with Gasteiger partial charge in [-0.05, 0) is 46.3 Å². The standard InChI is InChI=1S/C17H28N2/c1-13-9-14(2)11-15(10-13)17(18-3)12-19(4)16-7-5-6-8-16/h9-11,16-18H,5-8,12H2,1-4H3. The number of hydrogen-bond acceptors (Lipinski definition) is 2. The van der Waals surface area contributed by atoms with Crippen LogP contribution in [0.4, 0.5) is 0 Å². The monoisotopic (exact) mass is 260 g/mol. The first kappa shape index (κ1) is 14.5. The highest BCUT2D eigenvalue weighted by Gasteiger charge is 2.22. The van der Waals surface area contributed by atoms with Gasteiger partial charge in [0.2, 0.25) is 0 Å². The van der Waals surface area contributed by atoms with E-state index in [0.29, 0.717) is 6.04 Å². The van der Waals surface area contributed by atoms with E-state index in [0.717, 1.165) is 12.6 Å². The van der Waals surface area contributed by atoms with E-state index in [4.69, 9.17) is 0 Å². The van der Waals surface area contributed by atoms with Crippen LogP contribution in [0.15, 0.2) is 18.2 Å². The Balaban J connectivity index is 2.06. The molecule has 2 rings (SSSR count). The molecule has 19 heavy (non-hydrogen) atoms. The number of nitrogens with one attached hydrogen (secondary N) is 1. The summed E-state index contributed by atoms with van der Waals surface area (Å²) in [6.45, 7) is 5.47. The molecule has 0 spiro atoms. The first-order valence-corrected chi connectivity index (χ1v) is 7.56. The van der Waals surface area contributed by atoms with Crippen LogP contribution in [0.25, 0.3) is 0 Å². The van der Waals surface area contributed by atoms with Crippen LogP contribution in [-0.4, -0.2) is 31.6 Å². The Labute approximate surface area is 118 Å². The Morgan fingerprint density at radius 3 is 2.26 bits per heavy atom. The molecule has 0 heterocycles. The zero-order valence-electron chi connectivity index (χ0n) is 12.9. The molecule has 0 aliphatic heterocycles. The van der Waals surface area contributed by atoms with Gasteiger partial charge in [0.1, 0.15) is 0 Å². The Bertz CT molecular complexity index is 387. The maximum Gasteiger partial charge on any atom is 0.0447 e. The second kappa shape index (κ2) is 6.53. The molecule has 2 nitrogen and oxygen atoms in total. The molecule has 2 heteroatoms. The fraction of sp³-hybridized carbons (Fsp3) is 0.647. The van der Waals surface area contributed by atoms with Crippen molar-refractivity contribution in [3.8, 4) is 0 Å². The van der Waals surface area contributed by atoms with Gasteiger partial charge in [-0.3, -0.25) is 0 Å². The molecule has 1 atom stereocenters. The third kappa shape index (κ3) is 3.80. The Morgan fingerprint density at radius 1 is 1.16 bits per heavy atom. The van der Waals surface area contributed by atoms with Crippen LogP contribution in [0.5, 0.6) is 0 Å². The largest absolute Gasteiger partial charge is 0.312 e. The maximum absolute atomic E-state index is 3.49. The molecule has 0 radical (unpaired) electrons. The molecule has 106 valence electrons. The molecule has 1 aliphatic carbocycles. The molecule has 1 aromatic carbocycles. The highest BCUT2D eigenvalue weighted by atomic mass is 15.2. The predicted octanol–water partition coefficient (Wildman–Crippen LogP) is 3.44. The summed E-state index contributed by atoms with van der Waals surface area (Å²) in [7, 11) is 4.35. The van der Waals surface area contributed by atoms with Crippen molar-refractivity contribution in [3.63, 3.8) is 0 Å². The number of rotatable bonds is 5. The molecule has 1 fully saturated rings. The summed E-state index contributed by atoms with van der Waals surface area (Å²) in [5, 5.41) is 3.49. The minimum Gasteiger partial charge on any atom is -0.312 e. The van der Waals surface area contributed by atoms with Crippen molar-refractivity contribution in [2.75, 3.05) is 20.6 Å². The van der Waals surface area contributed by atoms with Crippen molar-refractivity contribution in [3.05, 3.63) is 34.9 Å². The summed E-state index contributed by atoms with van der Waals surface area (Å²) in [4.78, 5) is 2.55. The van der Waals surface area contributed by atoms with Crippen LogP contribution in [0, 0.1) is 13.8 Å². The number of hydrogen-bond donors (Lipinski definition) is 1.